The third-order valence-corrected chi connectivity index (χ3v) is 3.77. The van der Waals surface area contributed by atoms with E-state index in [1.165, 1.54) is 6.33 Å². The minimum Gasteiger partial charge on any atom is -0.457 e. The molecule has 6 nitrogen and oxygen atoms in total. The summed E-state index contributed by atoms with van der Waals surface area (Å²) in [6, 6.07) is 17.1. The van der Waals surface area contributed by atoms with E-state index in [0.29, 0.717) is 13.0 Å². The molecule has 0 saturated carbocycles. The van der Waals surface area contributed by atoms with Gasteiger partial charge in [0.2, 0.25) is 5.91 Å². The first-order valence-corrected chi connectivity index (χ1v) is 8.16. The van der Waals surface area contributed by atoms with Gasteiger partial charge in [0.05, 0.1) is 12.6 Å². The molecular formula is C19H20N4O2. The van der Waals surface area contributed by atoms with Crippen molar-refractivity contribution in [3.63, 3.8) is 0 Å². The van der Waals surface area contributed by atoms with E-state index in [4.69, 9.17) is 4.74 Å². The predicted octanol–water partition coefficient (Wildman–Crippen LogP) is 3.34. The number of nitrogens with one attached hydrogen (secondary N) is 1. The van der Waals surface area contributed by atoms with Crippen LogP contribution in [0.4, 0.5) is 0 Å². The van der Waals surface area contributed by atoms with E-state index in [-0.39, 0.29) is 11.9 Å². The largest absolute Gasteiger partial charge is 0.457 e. The second kappa shape index (κ2) is 8.10. The summed E-state index contributed by atoms with van der Waals surface area (Å²) in [5, 5.41) is 7.00. The van der Waals surface area contributed by atoms with Crippen LogP contribution in [0.3, 0.4) is 0 Å². The number of carbonyl (C=O) groups is 1. The summed E-state index contributed by atoms with van der Waals surface area (Å²) in [5.74, 6) is 1.45. The summed E-state index contributed by atoms with van der Waals surface area (Å²) in [7, 11) is 0. The van der Waals surface area contributed by atoms with Gasteiger partial charge >= 0.3 is 0 Å². The molecular weight excluding hydrogens is 316 g/mol. The summed E-state index contributed by atoms with van der Waals surface area (Å²) in [6.45, 7) is 2.45. The van der Waals surface area contributed by atoms with Crippen LogP contribution in [0.25, 0.3) is 0 Å². The van der Waals surface area contributed by atoms with Gasteiger partial charge in [0.25, 0.3) is 0 Å². The van der Waals surface area contributed by atoms with Gasteiger partial charge in [-0.3, -0.25) is 9.48 Å². The minimum absolute atomic E-state index is 0.0440. The van der Waals surface area contributed by atoms with Crippen LogP contribution >= 0.6 is 0 Å². The van der Waals surface area contributed by atoms with Gasteiger partial charge in [-0.1, -0.05) is 36.4 Å². The summed E-state index contributed by atoms with van der Waals surface area (Å²) < 4.78 is 7.59. The lowest BCUT2D eigenvalue weighted by Crippen LogP contribution is -2.27. The Morgan fingerprint density at radius 1 is 1.16 bits per heavy atom. The van der Waals surface area contributed by atoms with Crippen LogP contribution in [0.5, 0.6) is 11.5 Å². The second-order valence-corrected chi connectivity index (χ2v) is 5.65. The van der Waals surface area contributed by atoms with Crippen LogP contribution < -0.4 is 10.1 Å². The van der Waals surface area contributed by atoms with Crippen molar-refractivity contribution in [1.29, 1.82) is 0 Å². The zero-order valence-corrected chi connectivity index (χ0v) is 14.0. The number of nitrogens with zero attached hydrogens (tertiary/aromatic N) is 3. The molecule has 6 heteroatoms. The van der Waals surface area contributed by atoms with Crippen LogP contribution in [0.1, 0.15) is 24.9 Å². The topological polar surface area (TPSA) is 69.0 Å². The Morgan fingerprint density at radius 2 is 1.92 bits per heavy atom. The van der Waals surface area contributed by atoms with Crippen molar-refractivity contribution in [2.75, 3.05) is 0 Å². The third kappa shape index (κ3) is 4.67. The van der Waals surface area contributed by atoms with Gasteiger partial charge in [0, 0.05) is 12.0 Å². The van der Waals surface area contributed by atoms with Gasteiger partial charge < -0.3 is 10.1 Å². The lowest BCUT2D eigenvalue weighted by molar-refractivity contribution is -0.122. The lowest BCUT2D eigenvalue weighted by atomic mass is 10.1. The zero-order chi connectivity index (χ0) is 17.5. The van der Waals surface area contributed by atoms with Gasteiger partial charge in [-0.2, -0.15) is 5.10 Å². The smallest absolute Gasteiger partial charge is 0.222 e. The van der Waals surface area contributed by atoms with E-state index >= 15 is 0 Å². The molecule has 2 aromatic carbocycles. The standard InChI is InChI=1S/C19H20N4O2/c1-15(22-19(24)11-12-23-14-20-13-21-23)17-9-5-6-10-18(17)25-16-7-3-2-4-8-16/h2-10,13-15H,11-12H2,1H3,(H,22,24)/t15-/m0/s1. The first kappa shape index (κ1) is 16.7. The van der Waals surface area contributed by atoms with Gasteiger partial charge in [-0.15, -0.1) is 0 Å². The monoisotopic (exact) mass is 336 g/mol. The fraction of sp³-hybridized carbons (Fsp3) is 0.211. The number of benzene rings is 2. The number of hydrogen-bond acceptors (Lipinski definition) is 4. The number of aryl methyl sites for hydroxylation is 1. The fourth-order valence-electron chi connectivity index (χ4n) is 2.50. The summed E-state index contributed by atoms with van der Waals surface area (Å²) in [5.41, 5.74) is 0.931. The average Bonchev–Trinajstić information content (AvgIpc) is 3.15. The SMILES string of the molecule is C[C@H](NC(=O)CCn1cncn1)c1ccccc1Oc1ccccc1. The van der Waals surface area contributed by atoms with Crippen molar-refractivity contribution in [1.82, 2.24) is 20.1 Å². The maximum absolute atomic E-state index is 12.2. The number of para-hydroxylation sites is 2. The molecule has 128 valence electrons. The first-order valence-electron chi connectivity index (χ1n) is 8.16. The molecule has 3 rings (SSSR count). The molecule has 1 aromatic heterocycles. The number of ether oxygens (including phenoxy) is 1. The van der Waals surface area contributed by atoms with Crippen molar-refractivity contribution in [2.24, 2.45) is 0 Å². The van der Waals surface area contributed by atoms with Crippen molar-refractivity contribution >= 4 is 5.91 Å². The van der Waals surface area contributed by atoms with Crippen molar-refractivity contribution in [3.05, 3.63) is 72.8 Å². The van der Waals surface area contributed by atoms with Crippen LogP contribution in [0.15, 0.2) is 67.3 Å². The van der Waals surface area contributed by atoms with E-state index in [0.717, 1.165) is 17.1 Å². The van der Waals surface area contributed by atoms with Gasteiger partial charge in [0.1, 0.15) is 24.2 Å². The molecule has 1 amide bonds. The van der Waals surface area contributed by atoms with E-state index in [1.54, 1.807) is 11.0 Å². The molecule has 0 aliphatic heterocycles. The Hall–Kier alpha value is -3.15. The normalized spacial score (nSPS) is 11.7. The van der Waals surface area contributed by atoms with E-state index < -0.39 is 0 Å². The number of amides is 1. The maximum atomic E-state index is 12.2. The molecule has 1 N–H and O–H groups in total. The molecule has 1 heterocycles. The predicted molar refractivity (Wildman–Crippen MR) is 94.2 cm³/mol. The van der Waals surface area contributed by atoms with Crippen LogP contribution in [0, 0.1) is 0 Å². The Bertz CT molecular complexity index is 803. The number of rotatable bonds is 7. The minimum atomic E-state index is -0.164. The Balaban J connectivity index is 1.63. The Morgan fingerprint density at radius 3 is 2.68 bits per heavy atom. The molecule has 0 unspecified atom stereocenters. The highest BCUT2D eigenvalue weighted by Gasteiger charge is 2.14. The molecule has 0 spiro atoms. The first-order chi connectivity index (χ1) is 12.2. The number of hydrogen-bond donors (Lipinski definition) is 1. The Labute approximate surface area is 146 Å². The third-order valence-electron chi connectivity index (χ3n) is 3.77. The van der Waals surface area contributed by atoms with Gasteiger partial charge in [-0.05, 0) is 25.1 Å². The molecule has 0 bridgehead atoms. The molecule has 1 atom stereocenters. The summed E-state index contributed by atoms with van der Waals surface area (Å²) in [4.78, 5) is 16.0. The molecule has 3 aromatic rings. The maximum Gasteiger partial charge on any atom is 0.222 e. The number of carbonyl (C=O) groups excluding carboxylic acids is 1. The zero-order valence-electron chi connectivity index (χ0n) is 14.0. The second-order valence-electron chi connectivity index (χ2n) is 5.65. The molecule has 25 heavy (non-hydrogen) atoms. The lowest BCUT2D eigenvalue weighted by Gasteiger charge is -2.18. The van der Waals surface area contributed by atoms with E-state index in [2.05, 4.69) is 15.4 Å². The fourth-order valence-corrected chi connectivity index (χ4v) is 2.50. The van der Waals surface area contributed by atoms with Crippen LogP contribution in [-0.4, -0.2) is 20.7 Å². The summed E-state index contributed by atoms with van der Waals surface area (Å²) in [6.07, 6.45) is 3.40. The average molecular weight is 336 g/mol. The number of aromatic nitrogens is 3. The molecule has 0 radical (unpaired) electrons. The van der Waals surface area contributed by atoms with Gasteiger partial charge in [0.15, 0.2) is 0 Å². The van der Waals surface area contributed by atoms with Gasteiger partial charge in [-0.25, -0.2) is 4.98 Å². The van der Waals surface area contributed by atoms with Crippen molar-refractivity contribution in [3.8, 4) is 11.5 Å². The van der Waals surface area contributed by atoms with Crippen LogP contribution in [0.2, 0.25) is 0 Å². The highest BCUT2D eigenvalue weighted by Crippen LogP contribution is 2.29. The molecule has 0 saturated heterocycles. The van der Waals surface area contributed by atoms with Crippen LogP contribution in [-0.2, 0) is 11.3 Å². The molecule has 0 aliphatic rings. The molecule has 0 aliphatic carbocycles. The summed E-state index contributed by atoms with van der Waals surface area (Å²) >= 11 is 0. The van der Waals surface area contributed by atoms with E-state index in [1.807, 2.05) is 61.5 Å². The van der Waals surface area contributed by atoms with Crippen molar-refractivity contribution < 1.29 is 9.53 Å². The van der Waals surface area contributed by atoms with Crippen molar-refractivity contribution in [2.45, 2.75) is 25.9 Å². The quantitative estimate of drug-likeness (QED) is 0.718. The molecule has 0 fully saturated rings. The van der Waals surface area contributed by atoms with E-state index in [9.17, 15) is 4.79 Å². The highest BCUT2D eigenvalue weighted by atomic mass is 16.5. The highest BCUT2D eigenvalue weighted by molar-refractivity contribution is 5.76. The Kier molecular flexibility index (Phi) is 5.41.